The van der Waals surface area contributed by atoms with Gasteiger partial charge >= 0.3 is 5.69 Å². The van der Waals surface area contributed by atoms with Crippen molar-refractivity contribution in [2.75, 3.05) is 18.1 Å². The molecule has 0 spiro atoms. The molecule has 3 N–H and O–H groups in total. The summed E-state index contributed by atoms with van der Waals surface area (Å²) in [6.45, 7) is 0.542. The van der Waals surface area contributed by atoms with E-state index in [0.717, 1.165) is 29.5 Å². The van der Waals surface area contributed by atoms with Crippen molar-refractivity contribution in [2.45, 2.75) is 24.0 Å². The lowest BCUT2D eigenvalue weighted by Crippen LogP contribution is -2.16. The summed E-state index contributed by atoms with van der Waals surface area (Å²) in [5.41, 5.74) is 6.25. The van der Waals surface area contributed by atoms with Crippen LogP contribution in [0.25, 0.3) is 0 Å². The number of hydrogen-bond donors (Lipinski definition) is 2. The fourth-order valence-corrected chi connectivity index (χ4v) is 2.77. The molecule has 7 heteroatoms. The quantitative estimate of drug-likeness (QED) is 0.480. The summed E-state index contributed by atoms with van der Waals surface area (Å²) in [6, 6.07) is 7.67. The van der Waals surface area contributed by atoms with E-state index in [-0.39, 0.29) is 5.69 Å². The fraction of sp³-hybridized carbons (Fsp3) is 0.385. The number of H-pyrrole nitrogens is 1. The highest BCUT2D eigenvalue weighted by Crippen LogP contribution is 2.35. The number of ether oxygens (including phenoxy) is 1. The minimum atomic E-state index is -0.119. The van der Waals surface area contributed by atoms with E-state index in [1.807, 2.05) is 18.2 Å². The molecule has 1 aliphatic rings. The molecule has 0 aliphatic heterocycles. The maximum Gasteiger partial charge on any atom is 0.344 e. The Labute approximate surface area is 120 Å². The number of aromatic nitrogens is 3. The molecular formula is C13H16N4O2S. The predicted octanol–water partition coefficient (Wildman–Crippen LogP) is 1.66. The molecule has 3 rings (SSSR count). The lowest BCUT2D eigenvalue weighted by Gasteiger charge is -2.06. The molecular weight excluding hydrogens is 276 g/mol. The summed E-state index contributed by atoms with van der Waals surface area (Å²) >= 11 is 1.52. The Kier molecular flexibility index (Phi) is 3.68. The second-order valence-electron chi connectivity index (χ2n) is 4.68. The van der Waals surface area contributed by atoms with Gasteiger partial charge in [0.15, 0.2) is 5.16 Å². The number of anilines is 1. The summed E-state index contributed by atoms with van der Waals surface area (Å²) in [7, 11) is 0. The summed E-state index contributed by atoms with van der Waals surface area (Å²) < 4.78 is 7.35. The van der Waals surface area contributed by atoms with Gasteiger partial charge in [0.05, 0.1) is 6.61 Å². The first-order chi connectivity index (χ1) is 9.74. The second kappa shape index (κ2) is 5.62. The van der Waals surface area contributed by atoms with Crippen LogP contribution in [0.15, 0.2) is 34.2 Å². The van der Waals surface area contributed by atoms with Crippen molar-refractivity contribution in [1.29, 1.82) is 0 Å². The Hall–Kier alpha value is -1.89. The number of hydrogen-bond acceptors (Lipinski definition) is 5. The van der Waals surface area contributed by atoms with Crippen molar-refractivity contribution >= 4 is 17.4 Å². The van der Waals surface area contributed by atoms with Gasteiger partial charge in [-0.05, 0) is 25.0 Å². The highest BCUT2D eigenvalue weighted by Gasteiger charge is 2.28. The SMILES string of the molecule is Nc1cccc(OCCSc2n[nH]c(=O)n2C2CC2)c1. The highest BCUT2D eigenvalue weighted by molar-refractivity contribution is 7.99. The van der Waals surface area contributed by atoms with Gasteiger partial charge in [-0.1, -0.05) is 17.8 Å². The zero-order chi connectivity index (χ0) is 13.9. The maximum absolute atomic E-state index is 11.6. The smallest absolute Gasteiger partial charge is 0.344 e. The topological polar surface area (TPSA) is 85.9 Å². The van der Waals surface area contributed by atoms with Crippen LogP contribution in [0, 0.1) is 0 Å². The predicted molar refractivity (Wildman–Crippen MR) is 78.2 cm³/mol. The molecule has 1 aromatic heterocycles. The molecule has 20 heavy (non-hydrogen) atoms. The van der Waals surface area contributed by atoms with Gasteiger partial charge < -0.3 is 10.5 Å². The number of nitrogens with two attached hydrogens (primary N) is 1. The van der Waals surface area contributed by atoms with Crippen molar-refractivity contribution in [3.8, 4) is 5.75 Å². The van der Waals surface area contributed by atoms with Crippen molar-refractivity contribution in [1.82, 2.24) is 14.8 Å². The van der Waals surface area contributed by atoms with Gasteiger partial charge in [0.25, 0.3) is 0 Å². The van der Waals surface area contributed by atoms with E-state index < -0.39 is 0 Å². The van der Waals surface area contributed by atoms with Crippen LogP contribution in [0.4, 0.5) is 5.69 Å². The first-order valence-electron chi connectivity index (χ1n) is 6.52. The normalized spacial score (nSPS) is 14.4. The Morgan fingerprint density at radius 2 is 2.35 bits per heavy atom. The third kappa shape index (κ3) is 2.98. The Bertz CT molecular complexity index is 648. The molecule has 0 unspecified atom stereocenters. The fourth-order valence-electron chi connectivity index (χ4n) is 1.94. The van der Waals surface area contributed by atoms with Crippen molar-refractivity contribution in [3.63, 3.8) is 0 Å². The zero-order valence-electron chi connectivity index (χ0n) is 10.9. The lowest BCUT2D eigenvalue weighted by atomic mass is 10.3. The number of nitrogens with one attached hydrogen (secondary N) is 1. The van der Waals surface area contributed by atoms with Crippen LogP contribution in [-0.2, 0) is 0 Å². The van der Waals surface area contributed by atoms with Gasteiger partial charge in [0.1, 0.15) is 5.75 Å². The van der Waals surface area contributed by atoms with Crippen LogP contribution in [0.5, 0.6) is 5.75 Å². The van der Waals surface area contributed by atoms with E-state index in [1.54, 1.807) is 10.6 Å². The van der Waals surface area contributed by atoms with E-state index in [9.17, 15) is 4.79 Å². The van der Waals surface area contributed by atoms with Crippen molar-refractivity contribution in [3.05, 3.63) is 34.7 Å². The first kappa shape index (κ1) is 13.1. The Morgan fingerprint density at radius 1 is 1.50 bits per heavy atom. The summed E-state index contributed by atoms with van der Waals surface area (Å²) in [5, 5.41) is 7.30. The molecule has 0 bridgehead atoms. The van der Waals surface area contributed by atoms with Crippen LogP contribution < -0.4 is 16.2 Å². The number of thioether (sulfide) groups is 1. The largest absolute Gasteiger partial charge is 0.493 e. The average Bonchev–Trinajstić information content (AvgIpc) is 3.19. The molecule has 1 aliphatic carbocycles. The minimum Gasteiger partial charge on any atom is -0.493 e. The number of benzene rings is 1. The number of nitrogen functional groups attached to an aromatic ring is 1. The Balaban J connectivity index is 1.52. The van der Waals surface area contributed by atoms with Crippen LogP contribution in [-0.4, -0.2) is 27.1 Å². The van der Waals surface area contributed by atoms with E-state index in [1.165, 1.54) is 11.8 Å². The van der Waals surface area contributed by atoms with Gasteiger partial charge in [-0.3, -0.25) is 4.57 Å². The van der Waals surface area contributed by atoms with E-state index in [0.29, 0.717) is 18.3 Å². The van der Waals surface area contributed by atoms with E-state index in [4.69, 9.17) is 10.5 Å². The number of rotatable bonds is 6. The summed E-state index contributed by atoms with van der Waals surface area (Å²) in [5.74, 6) is 1.48. The molecule has 0 saturated heterocycles. The van der Waals surface area contributed by atoms with Gasteiger partial charge in [-0.2, -0.15) is 0 Å². The monoisotopic (exact) mass is 292 g/mol. The molecule has 6 nitrogen and oxygen atoms in total. The van der Waals surface area contributed by atoms with Gasteiger partial charge in [-0.15, -0.1) is 5.10 Å². The molecule has 1 aromatic carbocycles. The molecule has 1 heterocycles. The third-order valence-electron chi connectivity index (χ3n) is 3.03. The van der Waals surface area contributed by atoms with Crippen LogP contribution in [0.3, 0.4) is 0 Å². The molecule has 106 valence electrons. The van der Waals surface area contributed by atoms with E-state index >= 15 is 0 Å². The molecule has 1 saturated carbocycles. The minimum absolute atomic E-state index is 0.119. The van der Waals surface area contributed by atoms with Crippen LogP contribution in [0.2, 0.25) is 0 Å². The molecule has 0 atom stereocenters. The molecule has 0 amide bonds. The highest BCUT2D eigenvalue weighted by atomic mass is 32.2. The molecule has 2 aromatic rings. The van der Waals surface area contributed by atoms with Crippen LogP contribution in [0.1, 0.15) is 18.9 Å². The molecule has 0 radical (unpaired) electrons. The molecule has 1 fully saturated rings. The number of nitrogens with zero attached hydrogens (tertiary/aromatic N) is 2. The average molecular weight is 292 g/mol. The van der Waals surface area contributed by atoms with Gasteiger partial charge in [-0.25, -0.2) is 9.89 Å². The standard InChI is InChI=1S/C13H16N4O2S/c14-9-2-1-3-11(8-9)19-6-7-20-13-16-15-12(18)17(13)10-4-5-10/h1-3,8,10H,4-7,14H2,(H,15,18). The second-order valence-corrected chi connectivity index (χ2v) is 5.74. The summed E-state index contributed by atoms with van der Waals surface area (Å²) in [6.07, 6.45) is 2.12. The van der Waals surface area contributed by atoms with Crippen molar-refractivity contribution < 1.29 is 4.74 Å². The Morgan fingerprint density at radius 3 is 3.10 bits per heavy atom. The zero-order valence-corrected chi connectivity index (χ0v) is 11.7. The maximum atomic E-state index is 11.6. The van der Waals surface area contributed by atoms with Crippen LogP contribution >= 0.6 is 11.8 Å². The number of aromatic amines is 1. The van der Waals surface area contributed by atoms with Gasteiger partial charge in [0, 0.05) is 23.5 Å². The van der Waals surface area contributed by atoms with Gasteiger partial charge in [0.2, 0.25) is 0 Å². The lowest BCUT2D eigenvalue weighted by molar-refractivity contribution is 0.344. The van der Waals surface area contributed by atoms with Crippen molar-refractivity contribution in [2.24, 2.45) is 0 Å². The summed E-state index contributed by atoms with van der Waals surface area (Å²) in [4.78, 5) is 11.6. The third-order valence-corrected chi connectivity index (χ3v) is 3.94. The first-order valence-corrected chi connectivity index (χ1v) is 7.50. The van der Waals surface area contributed by atoms with E-state index in [2.05, 4.69) is 10.2 Å².